The predicted molar refractivity (Wildman–Crippen MR) is 158 cm³/mol. The van der Waals surface area contributed by atoms with Crippen molar-refractivity contribution in [2.45, 2.75) is 52.1 Å². The summed E-state index contributed by atoms with van der Waals surface area (Å²) in [5.41, 5.74) is 2.84. The summed E-state index contributed by atoms with van der Waals surface area (Å²) in [6.07, 6.45) is 0. The van der Waals surface area contributed by atoms with Crippen LogP contribution in [0.3, 0.4) is 0 Å². The highest BCUT2D eigenvalue weighted by atomic mass is 32.2. The molecule has 0 spiro atoms. The van der Waals surface area contributed by atoms with Gasteiger partial charge in [0.05, 0.1) is 17.7 Å². The van der Waals surface area contributed by atoms with E-state index in [1.54, 1.807) is 50.4 Å². The second-order valence-corrected chi connectivity index (χ2v) is 12.2. The average Bonchev–Trinajstić information content (AvgIpc) is 2.93. The van der Waals surface area contributed by atoms with Crippen molar-refractivity contribution in [1.82, 2.24) is 10.2 Å². The van der Waals surface area contributed by atoms with Gasteiger partial charge in [-0.25, -0.2) is 8.42 Å². The summed E-state index contributed by atoms with van der Waals surface area (Å²) in [6.45, 7) is 9.44. The third-order valence-electron chi connectivity index (χ3n) is 6.57. The van der Waals surface area contributed by atoms with Gasteiger partial charge < -0.3 is 15.0 Å². The molecule has 9 heteroatoms. The summed E-state index contributed by atoms with van der Waals surface area (Å²) < 4.78 is 34.3. The predicted octanol–water partition coefficient (Wildman–Crippen LogP) is 4.70. The molecule has 0 aliphatic heterocycles. The number of rotatable bonds is 12. The van der Waals surface area contributed by atoms with E-state index in [1.165, 1.54) is 17.0 Å². The Labute approximate surface area is 238 Å². The molecule has 2 amide bonds. The fourth-order valence-corrected chi connectivity index (χ4v) is 5.82. The molecule has 0 fully saturated rings. The number of hydrogen-bond donors (Lipinski definition) is 1. The highest BCUT2D eigenvalue weighted by molar-refractivity contribution is 7.92. The first-order valence-electron chi connectivity index (χ1n) is 13.3. The van der Waals surface area contributed by atoms with Crippen LogP contribution in [0.2, 0.25) is 0 Å². The van der Waals surface area contributed by atoms with Crippen molar-refractivity contribution in [2.24, 2.45) is 5.92 Å². The van der Waals surface area contributed by atoms with E-state index in [9.17, 15) is 18.0 Å². The van der Waals surface area contributed by atoms with E-state index in [-0.39, 0.29) is 23.3 Å². The van der Waals surface area contributed by atoms with Crippen LogP contribution in [-0.2, 0) is 26.2 Å². The van der Waals surface area contributed by atoms with Crippen LogP contribution in [0.1, 0.15) is 37.5 Å². The normalized spacial score (nSPS) is 12.1. The van der Waals surface area contributed by atoms with Gasteiger partial charge in [-0.05, 0) is 68.1 Å². The van der Waals surface area contributed by atoms with Crippen LogP contribution in [-0.4, -0.2) is 51.4 Å². The molecule has 3 aromatic rings. The van der Waals surface area contributed by atoms with Crippen molar-refractivity contribution in [1.29, 1.82) is 0 Å². The Morgan fingerprint density at radius 3 is 2.25 bits per heavy atom. The van der Waals surface area contributed by atoms with Gasteiger partial charge in [0.25, 0.3) is 10.0 Å². The van der Waals surface area contributed by atoms with Crippen molar-refractivity contribution in [3.05, 3.63) is 89.5 Å². The zero-order chi connectivity index (χ0) is 29.4. The minimum Gasteiger partial charge on any atom is -0.497 e. The Kier molecular flexibility index (Phi) is 10.3. The summed E-state index contributed by atoms with van der Waals surface area (Å²) in [4.78, 5) is 28.6. The molecular formula is C31H39N3O5S. The standard InChI is InChI=1S/C31H39N3O5S/c1-22(2)19-32-31(36)25(5)33(20-26-11-10-12-27(18-26)39-6)30(35)21-34(29-16-15-23(3)17-24(29)4)40(37,38)28-13-8-7-9-14-28/h7-18,22,25H,19-21H2,1-6H3,(H,32,36)/t25-/m1/s1. The molecule has 214 valence electrons. The molecule has 0 aromatic heterocycles. The number of amides is 2. The second kappa shape index (κ2) is 13.5. The quantitative estimate of drug-likeness (QED) is 0.344. The Balaban J connectivity index is 2.04. The van der Waals surface area contributed by atoms with E-state index >= 15 is 0 Å². The monoisotopic (exact) mass is 565 g/mol. The number of anilines is 1. The van der Waals surface area contributed by atoms with Crippen LogP contribution >= 0.6 is 0 Å². The van der Waals surface area contributed by atoms with Crippen molar-refractivity contribution in [2.75, 3.05) is 24.5 Å². The Bertz CT molecular complexity index is 1420. The molecule has 3 aromatic carbocycles. The molecule has 0 radical (unpaired) electrons. The van der Waals surface area contributed by atoms with Crippen LogP contribution in [0.4, 0.5) is 5.69 Å². The lowest BCUT2D eigenvalue weighted by Crippen LogP contribution is -2.51. The van der Waals surface area contributed by atoms with Gasteiger partial charge in [0, 0.05) is 13.1 Å². The molecule has 0 saturated carbocycles. The Hall–Kier alpha value is -3.85. The largest absolute Gasteiger partial charge is 0.497 e. The minimum atomic E-state index is -4.10. The first-order chi connectivity index (χ1) is 18.9. The topological polar surface area (TPSA) is 96.0 Å². The van der Waals surface area contributed by atoms with E-state index in [0.717, 1.165) is 21.0 Å². The minimum absolute atomic E-state index is 0.0739. The van der Waals surface area contributed by atoms with Gasteiger partial charge in [-0.3, -0.25) is 13.9 Å². The van der Waals surface area contributed by atoms with Crippen LogP contribution in [0.25, 0.3) is 0 Å². The number of carbonyl (C=O) groups is 2. The fourth-order valence-electron chi connectivity index (χ4n) is 4.32. The number of carbonyl (C=O) groups excluding carboxylic acids is 2. The lowest BCUT2D eigenvalue weighted by molar-refractivity contribution is -0.139. The zero-order valence-electron chi connectivity index (χ0n) is 24.0. The summed E-state index contributed by atoms with van der Waals surface area (Å²) in [6, 6.07) is 19.8. The summed E-state index contributed by atoms with van der Waals surface area (Å²) in [5, 5.41) is 2.89. The maximum Gasteiger partial charge on any atom is 0.264 e. The van der Waals surface area contributed by atoms with Gasteiger partial charge in [-0.2, -0.15) is 0 Å². The van der Waals surface area contributed by atoms with Crippen molar-refractivity contribution < 1.29 is 22.7 Å². The van der Waals surface area contributed by atoms with Crippen molar-refractivity contribution in [3.63, 3.8) is 0 Å². The molecule has 0 bridgehead atoms. The van der Waals surface area contributed by atoms with Crippen LogP contribution < -0.4 is 14.4 Å². The van der Waals surface area contributed by atoms with Gasteiger partial charge >= 0.3 is 0 Å². The van der Waals surface area contributed by atoms with Crippen LogP contribution in [0, 0.1) is 19.8 Å². The van der Waals surface area contributed by atoms with Crippen molar-refractivity contribution >= 4 is 27.5 Å². The van der Waals surface area contributed by atoms with E-state index < -0.39 is 28.5 Å². The highest BCUT2D eigenvalue weighted by Crippen LogP contribution is 2.28. The molecule has 0 aliphatic rings. The maximum atomic E-state index is 14.0. The van der Waals surface area contributed by atoms with E-state index in [4.69, 9.17) is 4.74 Å². The van der Waals surface area contributed by atoms with Crippen LogP contribution in [0.15, 0.2) is 77.7 Å². The molecular weight excluding hydrogens is 526 g/mol. The molecule has 8 nitrogen and oxygen atoms in total. The summed E-state index contributed by atoms with van der Waals surface area (Å²) >= 11 is 0. The number of nitrogens with one attached hydrogen (secondary N) is 1. The second-order valence-electron chi connectivity index (χ2n) is 10.3. The summed E-state index contributed by atoms with van der Waals surface area (Å²) in [7, 11) is -2.55. The molecule has 40 heavy (non-hydrogen) atoms. The smallest absolute Gasteiger partial charge is 0.264 e. The summed E-state index contributed by atoms with van der Waals surface area (Å²) in [5.74, 6) is 0.0310. The molecule has 0 heterocycles. The number of benzene rings is 3. The SMILES string of the molecule is COc1cccc(CN(C(=O)CN(c2ccc(C)cc2C)S(=O)(=O)c2ccccc2)[C@H](C)C(=O)NCC(C)C)c1. The van der Waals surface area contributed by atoms with Crippen LogP contribution in [0.5, 0.6) is 5.75 Å². The number of aryl methyl sites for hydroxylation is 2. The van der Waals surface area contributed by atoms with Gasteiger partial charge in [0.15, 0.2) is 0 Å². The lowest BCUT2D eigenvalue weighted by Gasteiger charge is -2.32. The first-order valence-corrected chi connectivity index (χ1v) is 14.7. The zero-order valence-corrected chi connectivity index (χ0v) is 24.9. The molecule has 0 unspecified atom stereocenters. The molecule has 0 aliphatic carbocycles. The third-order valence-corrected chi connectivity index (χ3v) is 8.34. The number of hydrogen-bond acceptors (Lipinski definition) is 5. The van der Waals surface area contributed by atoms with Crippen molar-refractivity contribution in [3.8, 4) is 5.75 Å². The number of methoxy groups -OCH3 is 1. The van der Waals surface area contributed by atoms with E-state index in [1.807, 2.05) is 52.0 Å². The fraction of sp³-hybridized carbons (Fsp3) is 0.355. The Morgan fingerprint density at radius 2 is 1.62 bits per heavy atom. The Morgan fingerprint density at radius 1 is 0.925 bits per heavy atom. The lowest BCUT2D eigenvalue weighted by atomic mass is 10.1. The van der Waals surface area contributed by atoms with Gasteiger partial charge in [0.2, 0.25) is 11.8 Å². The van der Waals surface area contributed by atoms with Gasteiger partial charge in [0.1, 0.15) is 18.3 Å². The molecule has 3 rings (SSSR count). The highest BCUT2D eigenvalue weighted by Gasteiger charge is 2.33. The van der Waals surface area contributed by atoms with E-state index in [2.05, 4.69) is 5.32 Å². The molecule has 1 N–H and O–H groups in total. The van der Waals surface area contributed by atoms with Gasteiger partial charge in [-0.1, -0.05) is 61.9 Å². The first kappa shape index (κ1) is 30.7. The molecule has 1 atom stereocenters. The van der Waals surface area contributed by atoms with E-state index in [0.29, 0.717) is 18.0 Å². The number of sulfonamides is 1. The maximum absolute atomic E-state index is 14.0. The molecule has 0 saturated heterocycles. The number of ether oxygens (including phenoxy) is 1. The number of nitrogens with zero attached hydrogens (tertiary/aromatic N) is 2. The third kappa shape index (κ3) is 7.63. The average molecular weight is 566 g/mol. The van der Waals surface area contributed by atoms with Gasteiger partial charge in [-0.15, -0.1) is 0 Å².